The Morgan fingerprint density at radius 3 is 2.77 bits per heavy atom. The third kappa shape index (κ3) is 3.46. The zero-order valence-corrected chi connectivity index (χ0v) is 15.9. The molecule has 1 N–H and O–H groups in total. The number of ether oxygens (including phenoxy) is 1. The minimum Gasteiger partial charge on any atom is -0.500 e. The fourth-order valence-corrected chi connectivity index (χ4v) is 3.32. The van der Waals surface area contributed by atoms with Gasteiger partial charge in [-0.25, -0.2) is 9.37 Å². The smallest absolute Gasteiger partial charge is 0.435 e. The van der Waals surface area contributed by atoms with Gasteiger partial charge in [-0.2, -0.15) is 13.2 Å². The van der Waals surface area contributed by atoms with E-state index in [1.165, 1.54) is 31.5 Å². The first-order valence-electron chi connectivity index (χ1n) is 8.85. The lowest BCUT2D eigenvalue weighted by Crippen LogP contribution is -2.09. The second-order valence-electron chi connectivity index (χ2n) is 6.64. The van der Waals surface area contributed by atoms with Crippen molar-refractivity contribution in [3.05, 3.63) is 54.0 Å². The van der Waals surface area contributed by atoms with Gasteiger partial charge in [0.05, 0.1) is 24.8 Å². The van der Waals surface area contributed by atoms with E-state index in [4.69, 9.17) is 4.74 Å². The number of aryl methyl sites for hydroxylation is 1. The Kier molecular flexibility index (Phi) is 4.88. The first kappa shape index (κ1) is 19.8. The first-order chi connectivity index (χ1) is 14.3. The third-order valence-corrected chi connectivity index (χ3v) is 4.70. The Morgan fingerprint density at radius 1 is 1.23 bits per heavy atom. The Labute approximate surface area is 168 Å². The van der Waals surface area contributed by atoms with Crippen LogP contribution in [0.4, 0.5) is 17.6 Å². The molecule has 0 bridgehead atoms. The van der Waals surface area contributed by atoms with Crippen LogP contribution in [0.15, 0.2) is 42.6 Å². The van der Waals surface area contributed by atoms with E-state index in [9.17, 15) is 17.6 Å². The van der Waals surface area contributed by atoms with Gasteiger partial charge in [-0.05, 0) is 18.2 Å². The second-order valence-corrected chi connectivity index (χ2v) is 6.64. The standard InChI is InChI=1S/C19H16F4N6O/c1-29-9-25-16(17(29)12-4-3-11(20)8-14(12)30-2)13-7-10(5-6-24-13)15-18(19(21,22)23)27-28-26-15/h3-7,9,11H,8H2,1-2H3,(H,26,27,28). The molecule has 3 aromatic heterocycles. The minimum absolute atomic E-state index is 0.0777. The summed E-state index contributed by atoms with van der Waals surface area (Å²) in [6, 6.07) is 2.86. The highest BCUT2D eigenvalue weighted by molar-refractivity contribution is 5.84. The van der Waals surface area contributed by atoms with Crippen molar-refractivity contribution < 1.29 is 22.3 Å². The fourth-order valence-electron chi connectivity index (χ4n) is 3.32. The predicted octanol–water partition coefficient (Wildman–Crippen LogP) is 3.94. The summed E-state index contributed by atoms with van der Waals surface area (Å²) in [5, 5.41) is 8.76. The lowest BCUT2D eigenvalue weighted by Gasteiger charge is -2.18. The minimum atomic E-state index is -4.63. The molecule has 30 heavy (non-hydrogen) atoms. The Hall–Kier alpha value is -3.50. The molecule has 0 radical (unpaired) electrons. The quantitative estimate of drug-likeness (QED) is 0.647. The number of methoxy groups -OCH3 is 1. The van der Waals surface area contributed by atoms with Gasteiger partial charge in [-0.1, -0.05) is 11.3 Å². The van der Waals surface area contributed by atoms with Crippen LogP contribution >= 0.6 is 0 Å². The average molecular weight is 420 g/mol. The monoisotopic (exact) mass is 420 g/mol. The molecule has 0 aromatic carbocycles. The number of nitrogens with zero attached hydrogens (tertiary/aromatic N) is 5. The summed E-state index contributed by atoms with van der Waals surface area (Å²) in [5.74, 6) is 0.446. The van der Waals surface area contributed by atoms with Crippen molar-refractivity contribution in [3.63, 3.8) is 0 Å². The van der Waals surface area contributed by atoms with Crippen LogP contribution in [-0.2, 0) is 18.0 Å². The molecule has 0 saturated carbocycles. The van der Waals surface area contributed by atoms with Gasteiger partial charge in [0, 0.05) is 30.8 Å². The molecule has 0 aliphatic heterocycles. The summed E-state index contributed by atoms with van der Waals surface area (Å²) in [6.07, 6.45) is 0.236. The maximum atomic E-state index is 13.8. The van der Waals surface area contributed by atoms with E-state index in [1.807, 2.05) is 5.10 Å². The van der Waals surface area contributed by atoms with Crippen LogP contribution in [0.25, 0.3) is 28.2 Å². The van der Waals surface area contributed by atoms with Gasteiger partial charge in [0.2, 0.25) is 0 Å². The summed E-state index contributed by atoms with van der Waals surface area (Å²) in [6.45, 7) is 0. The SMILES string of the molecule is COC1=C(c2c(-c3cc(-c4nn[nH]c4C(F)(F)F)ccn3)ncn2C)C=CC(F)C1. The number of H-pyrrole nitrogens is 1. The average Bonchev–Trinajstić information content (AvgIpc) is 3.35. The van der Waals surface area contributed by atoms with Gasteiger partial charge in [0.1, 0.15) is 23.3 Å². The lowest BCUT2D eigenvalue weighted by molar-refractivity contribution is -0.140. The molecule has 0 saturated heterocycles. The molecule has 0 amide bonds. The molecule has 4 rings (SSSR count). The molecule has 11 heteroatoms. The van der Waals surface area contributed by atoms with Gasteiger partial charge < -0.3 is 9.30 Å². The second kappa shape index (κ2) is 7.39. The molecule has 7 nitrogen and oxygen atoms in total. The van der Waals surface area contributed by atoms with Crippen LogP contribution in [0.1, 0.15) is 17.8 Å². The molecule has 1 unspecified atom stereocenters. The summed E-state index contributed by atoms with van der Waals surface area (Å²) >= 11 is 0. The molecular formula is C19H16F4N6O. The zero-order valence-electron chi connectivity index (χ0n) is 15.9. The van der Waals surface area contributed by atoms with Crippen molar-refractivity contribution in [2.24, 2.45) is 7.05 Å². The number of imidazole rings is 1. The highest BCUT2D eigenvalue weighted by Crippen LogP contribution is 2.37. The normalized spacial score (nSPS) is 16.9. The third-order valence-electron chi connectivity index (χ3n) is 4.70. The van der Waals surface area contributed by atoms with Crippen LogP contribution in [0.2, 0.25) is 0 Å². The Balaban J connectivity index is 1.83. The number of rotatable bonds is 4. The van der Waals surface area contributed by atoms with Gasteiger partial charge in [-0.15, -0.1) is 5.10 Å². The van der Waals surface area contributed by atoms with Crippen molar-refractivity contribution in [2.75, 3.05) is 7.11 Å². The van der Waals surface area contributed by atoms with Crippen molar-refractivity contribution in [3.8, 4) is 22.6 Å². The van der Waals surface area contributed by atoms with Crippen molar-refractivity contribution in [2.45, 2.75) is 18.8 Å². The summed E-state index contributed by atoms with van der Waals surface area (Å²) < 4.78 is 60.5. The van der Waals surface area contributed by atoms with E-state index in [0.29, 0.717) is 28.4 Å². The number of halogens is 4. The van der Waals surface area contributed by atoms with Crippen molar-refractivity contribution >= 4 is 5.57 Å². The highest BCUT2D eigenvalue weighted by atomic mass is 19.4. The van der Waals surface area contributed by atoms with Crippen LogP contribution in [-0.4, -0.2) is 43.2 Å². The van der Waals surface area contributed by atoms with E-state index in [0.717, 1.165) is 0 Å². The molecule has 1 aliphatic rings. The number of nitrogens with one attached hydrogen (secondary N) is 1. The summed E-state index contributed by atoms with van der Waals surface area (Å²) in [4.78, 5) is 8.63. The van der Waals surface area contributed by atoms with Crippen molar-refractivity contribution in [1.29, 1.82) is 0 Å². The maximum absolute atomic E-state index is 13.8. The Bertz CT molecular complexity index is 1140. The fraction of sp³-hybridized carbons (Fsp3) is 0.263. The first-order valence-corrected chi connectivity index (χ1v) is 8.85. The highest BCUT2D eigenvalue weighted by Gasteiger charge is 2.37. The number of hydrogen-bond donors (Lipinski definition) is 1. The van der Waals surface area contributed by atoms with Gasteiger partial charge in [0.15, 0.2) is 5.69 Å². The molecule has 1 aliphatic carbocycles. The predicted molar refractivity (Wildman–Crippen MR) is 99.4 cm³/mol. The zero-order chi connectivity index (χ0) is 21.5. The van der Waals surface area contributed by atoms with Gasteiger partial charge in [-0.3, -0.25) is 10.1 Å². The van der Waals surface area contributed by atoms with E-state index < -0.39 is 18.0 Å². The van der Waals surface area contributed by atoms with Crippen LogP contribution in [0.5, 0.6) is 0 Å². The maximum Gasteiger partial charge on any atom is 0.435 e. The van der Waals surface area contributed by atoms with Crippen LogP contribution < -0.4 is 0 Å². The molecule has 3 heterocycles. The van der Waals surface area contributed by atoms with Gasteiger partial charge in [0.25, 0.3) is 0 Å². The summed E-state index contributed by atoms with van der Waals surface area (Å²) in [5.41, 5.74) is 0.789. The molecule has 3 aromatic rings. The van der Waals surface area contributed by atoms with E-state index in [2.05, 4.69) is 20.3 Å². The van der Waals surface area contributed by atoms with Crippen LogP contribution in [0.3, 0.4) is 0 Å². The van der Waals surface area contributed by atoms with E-state index in [1.54, 1.807) is 24.0 Å². The largest absolute Gasteiger partial charge is 0.500 e. The number of aromatic amines is 1. The molecule has 0 spiro atoms. The number of hydrogen-bond acceptors (Lipinski definition) is 5. The van der Waals surface area contributed by atoms with Gasteiger partial charge >= 0.3 is 6.18 Å². The topological polar surface area (TPSA) is 81.5 Å². The van der Waals surface area contributed by atoms with Crippen LogP contribution in [0, 0.1) is 0 Å². The Morgan fingerprint density at radius 2 is 2.03 bits per heavy atom. The van der Waals surface area contributed by atoms with E-state index in [-0.39, 0.29) is 17.7 Å². The number of pyridine rings is 1. The molecule has 1 atom stereocenters. The van der Waals surface area contributed by atoms with E-state index >= 15 is 0 Å². The summed E-state index contributed by atoms with van der Waals surface area (Å²) in [7, 11) is 3.21. The number of alkyl halides is 4. The lowest BCUT2D eigenvalue weighted by atomic mass is 9.98. The number of aromatic nitrogens is 6. The molecule has 156 valence electrons. The number of allylic oxidation sites excluding steroid dienone is 4. The molecular weight excluding hydrogens is 404 g/mol. The molecule has 0 fully saturated rings. The van der Waals surface area contributed by atoms with Crippen molar-refractivity contribution in [1.82, 2.24) is 29.9 Å².